The van der Waals surface area contributed by atoms with E-state index in [9.17, 15) is 4.79 Å². The molecule has 2 N–H and O–H groups in total. The van der Waals surface area contributed by atoms with Crippen molar-refractivity contribution in [3.8, 4) is 0 Å². The van der Waals surface area contributed by atoms with Gasteiger partial charge in [0, 0.05) is 6.54 Å². The van der Waals surface area contributed by atoms with Crippen LogP contribution in [0.2, 0.25) is 0 Å². The number of carbonyl (C=O) groups excluding carboxylic acids is 1. The summed E-state index contributed by atoms with van der Waals surface area (Å²) in [6.45, 7) is 2.87. The molecule has 1 aliphatic carbocycles. The van der Waals surface area contributed by atoms with Gasteiger partial charge in [0.15, 0.2) is 5.11 Å². The Morgan fingerprint density at radius 1 is 1.53 bits per heavy atom. The van der Waals surface area contributed by atoms with Crippen molar-refractivity contribution < 1.29 is 9.53 Å². The molecule has 0 unspecified atom stereocenters. The molecule has 1 aliphatic rings. The van der Waals surface area contributed by atoms with Crippen LogP contribution in [0.3, 0.4) is 0 Å². The van der Waals surface area contributed by atoms with E-state index < -0.39 is 6.09 Å². The smallest absolute Gasteiger partial charge is 0.413 e. The molecule has 0 heterocycles. The van der Waals surface area contributed by atoms with Gasteiger partial charge in [0.2, 0.25) is 0 Å². The Labute approximate surface area is 108 Å². The van der Waals surface area contributed by atoms with Crippen molar-refractivity contribution in [2.45, 2.75) is 39.0 Å². The minimum atomic E-state index is -0.498. The fourth-order valence-corrected chi connectivity index (χ4v) is 1.96. The molecule has 1 amide bonds. The first-order valence-corrected chi connectivity index (χ1v) is 6.52. The maximum atomic E-state index is 11.0. The van der Waals surface area contributed by atoms with E-state index in [0.29, 0.717) is 11.7 Å². The van der Waals surface area contributed by atoms with Crippen molar-refractivity contribution in [2.75, 3.05) is 13.2 Å². The normalized spacial score (nSPS) is 14.8. The Hall–Kier alpha value is -1.10. The molecule has 0 aliphatic heterocycles. The molecule has 1 rings (SSSR count). The van der Waals surface area contributed by atoms with Gasteiger partial charge >= 0.3 is 6.09 Å². The van der Waals surface area contributed by atoms with Crippen LogP contribution in [0.25, 0.3) is 0 Å². The fraction of sp³-hybridized carbons (Fsp3) is 0.667. The quantitative estimate of drug-likeness (QED) is 0.599. The van der Waals surface area contributed by atoms with Crippen LogP contribution in [0.5, 0.6) is 0 Å². The number of amides is 1. The Morgan fingerprint density at radius 2 is 2.35 bits per heavy atom. The summed E-state index contributed by atoms with van der Waals surface area (Å²) in [5.74, 6) is 0. The zero-order chi connectivity index (χ0) is 12.5. The molecule has 0 saturated carbocycles. The van der Waals surface area contributed by atoms with Crippen molar-refractivity contribution in [3.63, 3.8) is 0 Å². The van der Waals surface area contributed by atoms with Gasteiger partial charge in [0.05, 0.1) is 6.61 Å². The highest BCUT2D eigenvalue weighted by Crippen LogP contribution is 2.19. The highest BCUT2D eigenvalue weighted by atomic mass is 32.1. The second-order valence-corrected chi connectivity index (χ2v) is 4.37. The van der Waals surface area contributed by atoms with E-state index in [0.717, 1.165) is 13.0 Å². The van der Waals surface area contributed by atoms with E-state index in [1.165, 1.54) is 31.3 Å². The first-order valence-electron chi connectivity index (χ1n) is 6.12. The molecule has 96 valence electrons. The van der Waals surface area contributed by atoms with Crippen LogP contribution >= 0.6 is 12.2 Å². The molecular weight excluding hydrogens is 236 g/mol. The highest BCUT2D eigenvalue weighted by Gasteiger charge is 2.05. The van der Waals surface area contributed by atoms with E-state index in [2.05, 4.69) is 16.7 Å². The summed E-state index contributed by atoms with van der Waals surface area (Å²) in [4.78, 5) is 11.0. The minimum Gasteiger partial charge on any atom is -0.450 e. The van der Waals surface area contributed by atoms with Gasteiger partial charge in [-0.15, -0.1) is 0 Å². The predicted molar refractivity (Wildman–Crippen MR) is 71.9 cm³/mol. The minimum absolute atomic E-state index is 0.333. The molecule has 0 aromatic rings. The SMILES string of the molecule is CCOC(=O)NC(=S)NCCC1=CCCCC1. The van der Waals surface area contributed by atoms with E-state index in [4.69, 9.17) is 17.0 Å². The van der Waals surface area contributed by atoms with Crippen molar-refractivity contribution in [3.05, 3.63) is 11.6 Å². The van der Waals surface area contributed by atoms with Crippen LogP contribution in [0, 0.1) is 0 Å². The van der Waals surface area contributed by atoms with Gasteiger partial charge in [-0.1, -0.05) is 11.6 Å². The largest absolute Gasteiger partial charge is 0.450 e. The van der Waals surface area contributed by atoms with Gasteiger partial charge in [-0.3, -0.25) is 5.32 Å². The summed E-state index contributed by atoms with van der Waals surface area (Å²) in [6, 6.07) is 0. The Balaban J connectivity index is 2.11. The molecule has 5 heteroatoms. The number of thiocarbonyl (C=S) groups is 1. The standard InChI is InChI=1S/C12H20N2O2S/c1-2-16-12(15)14-11(17)13-9-8-10-6-4-3-5-7-10/h6H,2-5,7-9H2,1H3,(H2,13,14,15,17). The summed E-state index contributed by atoms with van der Waals surface area (Å²) in [5, 5.41) is 5.79. The van der Waals surface area contributed by atoms with Crippen molar-refractivity contribution >= 4 is 23.4 Å². The molecule has 0 aromatic carbocycles. The zero-order valence-corrected chi connectivity index (χ0v) is 11.1. The molecular formula is C12H20N2O2S. The van der Waals surface area contributed by atoms with Gasteiger partial charge < -0.3 is 10.1 Å². The third-order valence-corrected chi connectivity index (χ3v) is 2.85. The van der Waals surface area contributed by atoms with Crippen LogP contribution in [0.1, 0.15) is 39.0 Å². The average molecular weight is 256 g/mol. The van der Waals surface area contributed by atoms with E-state index >= 15 is 0 Å². The van der Waals surface area contributed by atoms with Crippen LogP contribution in [0.4, 0.5) is 4.79 Å². The Morgan fingerprint density at radius 3 is 3.00 bits per heavy atom. The van der Waals surface area contributed by atoms with Crippen LogP contribution < -0.4 is 10.6 Å². The molecule has 0 atom stereocenters. The number of rotatable bonds is 4. The number of nitrogens with one attached hydrogen (secondary N) is 2. The van der Waals surface area contributed by atoms with Crippen molar-refractivity contribution in [2.24, 2.45) is 0 Å². The van der Waals surface area contributed by atoms with Crippen LogP contribution in [-0.2, 0) is 4.74 Å². The molecule has 0 fully saturated rings. The molecule has 17 heavy (non-hydrogen) atoms. The van der Waals surface area contributed by atoms with E-state index in [-0.39, 0.29) is 0 Å². The Bertz CT molecular complexity index is 303. The molecule has 0 spiro atoms. The number of ether oxygens (including phenoxy) is 1. The lowest BCUT2D eigenvalue weighted by Crippen LogP contribution is -2.40. The number of hydrogen-bond donors (Lipinski definition) is 2. The summed E-state index contributed by atoms with van der Waals surface area (Å²) in [7, 11) is 0. The highest BCUT2D eigenvalue weighted by molar-refractivity contribution is 7.80. The zero-order valence-electron chi connectivity index (χ0n) is 10.3. The summed E-state index contributed by atoms with van der Waals surface area (Å²) in [5.41, 5.74) is 1.49. The average Bonchev–Trinajstić information content (AvgIpc) is 2.30. The third-order valence-electron chi connectivity index (χ3n) is 2.61. The molecule has 0 radical (unpaired) electrons. The maximum absolute atomic E-state index is 11.0. The predicted octanol–water partition coefficient (Wildman–Crippen LogP) is 2.50. The van der Waals surface area contributed by atoms with Gasteiger partial charge in [-0.25, -0.2) is 4.79 Å². The van der Waals surface area contributed by atoms with Crippen molar-refractivity contribution in [1.82, 2.24) is 10.6 Å². The van der Waals surface area contributed by atoms with Crippen molar-refractivity contribution in [1.29, 1.82) is 0 Å². The summed E-state index contributed by atoms with van der Waals surface area (Å²) < 4.78 is 4.72. The molecule has 4 nitrogen and oxygen atoms in total. The molecule has 0 saturated heterocycles. The van der Waals surface area contributed by atoms with Gasteiger partial charge in [0.1, 0.15) is 0 Å². The van der Waals surface area contributed by atoms with E-state index in [1.807, 2.05) is 0 Å². The first-order chi connectivity index (χ1) is 8.22. The maximum Gasteiger partial charge on any atom is 0.413 e. The molecule has 0 aromatic heterocycles. The lowest BCUT2D eigenvalue weighted by Gasteiger charge is -2.14. The number of alkyl carbamates (subject to hydrolysis) is 1. The van der Waals surface area contributed by atoms with Gasteiger partial charge in [-0.05, 0) is 51.2 Å². The van der Waals surface area contributed by atoms with Crippen LogP contribution in [-0.4, -0.2) is 24.4 Å². The second-order valence-electron chi connectivity index (χ2n) is 3.96. The summed E-state index contributed by atoms with van der Waals surface area (Å²) in [6.07, 6.45) is 7.79. The number of carbonyl (C=O) groups is 1. The topological polar surface area (TPSA) is 50.4 Å². The first kappa shape index (κ1) is 14.0. The van der Waals surface area contributed by atoms with Gasteiger partial charge in [-0.2, -0.15) is 0 Å². The molecule has 0 bridgehead atoms. The summed E-state index contributed by atoms with van der Waals surface area (Å²) >= 11 is 4.97. The lowest BCUT2D eigenvalue weighted by molar-refractivity contribution is 0.157. The third kappa shape index (κ3) is 6.26. The van der Waals surface area contributed by atoms with E-state index in [1.54, 1.807) is 6.92 Å². The second kappa shape index (κ2) is 8.06. The lowest BCUT2D eigenvalue weighted by atomic mass is 9.97. The fourth-order valence-electron chi connectivity index (χ4n) is 1.77. The van der Waals surface area contributed by atoms with Gasteiger partial charge in [0.25, 0.3) is 0 Å². The monoisotopic (exact) mass is 256 g/mol. The number of hydrogen-bond acceptors (Lipinski definition) is 3. The number of allylic oxidation sites excluding steroid dienone is 1. The Kier molecular flexibility index (Phi) is 6.62. The van der Waals surface area contributed by atoms with Crippen LogP contribution in [0.15, 0.2) is 11.6 Å².